The molecular formula is C11H15BrFNO. The van der Waals surface area contributed by atoms with Crippen LogP contribution in [0.2, 0.25) is 0 Å². The Labute approximate surface area is 98.0 Å². The molecule has 1 N–H and O–H groups in total. The molecule has 1 aromatic carbocycles. The lowest BCUT2D eigenvalue weighted by Crippen LogP contribution is -2.25. The van der Waals surface area contributed by atoms with Crippen LogP contribution in [0.4, 0.5) is 4.39 Å². The fraction of sp³-hybridized carbons (Fsp3) is 0.455. The Morgan fingerprint density at radius 2 is 2.27 bits per heavy atom. The van der Waals surface area contributed by atoms with E-state index in [9.17, 15) is 4.39 Å². The number of halogens is 2. The van der Waals surface area contributed by atoms with Gasteiger partial charge in [-0.3, -0.25) is 0 Å². The molecule has 0 aromatic heterocycles. The van der Waals surface area contributed by atoms with Gasteiger partial charge in [0, 0.05) is 17.1 Å². The van der Waals surface area contributed by atoms with Crippen molar-refractivity contribution in [3.05, 3.63) is 34.1 Å². The number of hydrogen-bond acceptors (Lipinski definition) is 2. The van der Waals surface area contributed by atoms with Gasteiger partial charge >= 0.3 is 0 Å². The number of rotatable bonds is 5. The first-order valence-corrected chi connectivity index (χ1v) is 5.65. The molecule has 0 heterocycles. The Balaban J connectivity index is 2.93. The lowest BCUT2D eigenvalue weighted by molar-refractivity contribution is 0.166. The van der Waals surface area contributed by atoms with E-state index >= 15 is 0 Å². The van der Waals surface area contributed by atoms with Crippen molar-refractivity contribution in [1.29, 1.82) is 0 Å². The van der Waals surface area contributed by atoms with Crippen LogP contribution in [0.25, 0.3) is 0 Å². The molecule has 0 aliphatic rings. The third-order valence-electron chi connectivity index (χ3n) is 2.12. The highest BCUT2D eigenvalue weighted by Gasteiger charge is 2.14. The number of likely N-dealkylation sites (N-methyl/N-ethyl adjacent to an activating group) is 1. The van der Waals surface area contributed by atoms with E-state index in [2.05, 4.69) is 21.2 Å². The molecule has 1 unspecified atom stereocenters. The molecule has 84 valence electrons. The standard InChI is InChI=1S/C11H15BrFNO/c1-3-14-11(7-15-2)9-6-8(12)4-5-10(9)13/h4-6,11,14H,3,7H2,1-2H3. The predicted molar refractivity (Wildman–Crippen MR) is 62.4 cm³/mol. The fourth-order valence-corrected chi connectivity index (χ4v) is 1.83. The molecule has 4 heteroatoms. The second-order valence-corrected chi connectivity index (χ2v) is 4.15. The Morgan fingerprint density at radius 3 is 2.87 bits per heavy atom. The maximum Gasteiger partial charge on any atom is 0.128 e. The number of nitrogens with one attached hydrogen (secondary N) is 1. The van der Waals surface area contributed by atoms with Crippen LogP contribution in [0.1, 0.15) is 18.5 Å². The first kappa shape index (κ1) is 12.6. The smallest absolute Gasteiger partial charge is 0.128 e. The second-order valence-electron chi connectivity index (χ2n) is 3.23. The van der Waals surface area contributed by atoms with Crippen LogP contribution in [0.5, 0.6) is 0 Å². The predicted octanol–water partition coefficient (Wildman–Crippen LogP) is 2.89. The van der Waals surface area contributed by atoms with E-state index in [4.69, 9.17) is 4.74 Å². The monoisotopic (exact) mass is 275 g/mol. The van der Waals surface area contributed by atoms with E-state index in [1.807, 2.05) is 6.92 Å². The molecule has 1 aromatic rings. The molecule has 0 aliphatic carbocycles. The highest BCUT2D eigenvalue weighted by molar-refractivity contribution is 9.10. The lowest BCUT2D eigenvalue weighted by Gasteiger charge is -2.18. The highest BCUT2D eigenvalue weighted by atomic mass is 79.9. The Kier molecular flexibility index (Phi) is 5.22. The minimum atomic E-state index is -0.207. The largest absolute Gasteiger partial charge is 0.383 e. The Hall–Kier alpha value is -0.450. The molecule has 0 amide bonds. The average Bonchev–Trinajstić information content (AvgIpc) is 2.21. The van der Waals surface area contributed by atoms with E-state index in [0.29, 0.717) is 12.2 Å². The third kappa shape index (κ3) is 3.55. The molecule has 0 aliphatic heterocycles. The van der Waals surface area contributed by atoms with Gasteiger partial charge in [-0.1, -0.05) is 22.9 Å². The van der Waals surface area contributed by atoms with E-state index in [1.165, 1.54) is 6.07 Å². The van der Waals surface area contributed by atoms with Crippen molar-refractivity contribution >= 4 is 15.9 Å². The van der Waals surface area contributed by atoms with E-state index in [1.54, 1.807) is 19.2 Å². The third-order valence-corrected chi connectivity index (χ3v) is 2.61. The summed E-state index contributed by atoms with van der Waals surface area (Å²) in [7, 11) is 1.61. The van der Waals surface area contributed by atoms with Gasteiger partial charge in [-0.2, -0.15) is 0 Å². The van der Waals surface area contributed by atoms with Gasteiger partial charge in [0.2, 0.25) is 0 Å². The number of benzene rings is 1. The van der Waals surface area contributed by atoms with Gasteiger partial charge in [0.15, 0.2) is 0 Å². The van der Waals surface area contributed by atoms with Crippen LogP contribution in [0.15, 0.2) is 22.7 Å². The van der Waals surface area contributed by atoms with Gasteiger partial charge in [0.05, 0.1) is 12.6 Å². The van der Waals surface area contributed by atoms with Crippen molar-refractivity contribution in [2.75, 3.05) is 20.3 Å². The van der Waals surface area contributed by atoms with Gasteiger partial charge in [0.25, 0.3) is 0 Å². The zero-order chi connectivity index (χ0) is 11.3. The molecule has 0 spiro atoms. The molecule has 2 nitrogen and oxygen atoms in total. The van der Waals surface area contributed by atoms with Gasteiger partial charge in [0.1, 0.15) is 5.82 Å². The van der Waals surface area contributed by atoms with E-state index < -0.39 is 0 Å². The van der Waals surface area contributed by atoms with Crippen LogP contribution in [-0.2, 0) is 4.74 Å². The molecule has 0 saturated carbocycles. The van der Waals surface area contributed by atoms with Crippen LogP contribution in [0.3, 0.4) is 0 Å². The highest BCUT2D eigenvalue weighted by Crippen LogP contribution is 2.21. The summed E-state index contributed by atoms with van der Waals surface area (Å²) >= 11 is 3.33. The molecule has 1 atom stereocenters. The number of hydrogen-bond donors (Lipinski definition) is 1. The minimum absolute atomic E-state index is 0.0995. The Bertz CT molecular complexity index is 313. The van der Waals surface area contributed by atoms with Crippen molar-refractivity contribution in [2.45, 2.75) is 13.0 Å². The molecular weight excluding hydrogens is 261 g/mol. The molecule has 0 fully saturated rings. The van der Waals surface area contributed by atoms with Crippen LogP contribution in [-0.4, -0.2) is 20.3 Å². The fourth-order valence-electron chi connectivity index (χ4n) is 1.45. The second kappa shape index (κ2) is 6.20. The maximum atomic E-state index is 13.5. The summed E-state index contributed by atoms with van der Waals surface area (Å²) in [5.41, 5.74) is 0.632. The summed E-state index contributed by atoms with van der Waals surface area (Å²) in [5, 5.41) is 3.18. The quantitative estimate of drug-likeness (QED) is 0.892. The molecule has 0 saturated heterocycles. The van der Waals surface area contributed by atoms with Gasteiger partial charge in [-0.25, -0.2) is 4.39 Å². The summed E-state index contributed by atoms with van der Waals surface area (Å²) in [4.78, 5) is 0. The first-order chi connectivity index (χ1) is 7.19. The molecule has 0 radical (unpaired) electrons. The number of methoxy groups -OCH3 is 1. The summed E-state index contributed by atoms with van der Waals surface area (Å²) in [6.45, 7) is 3.22. The normalized spacial score (nSPS) is 12.8. The average molecular weight is 276 g/mol. The van der Waals surface area contributed by atoms with Crippen molar-refractivity contribution in [2.24, 2.45) is 0 Å². The van der Waals surface area contributed by atoms with Crippen LogP contribution >= 0.6 is 15.9 Å². The SMILES string of the molecule is CCNC(COC)c1cc(Br)ccc1F. The number of ether oxygens (including phenoxy) is 1. The van der Waals surface area contributed by atoms with Crippen molar-refractivity contribution in [1.82, 2.24) is 5.32 Å². The summed E-state index contributed by atoms with van der Waals surface area (Å²) in [6, 6.07) is 4.83. The maximum absolute atomic E-state index is 13.5. The van der Waals surface area contributed by atoms with E-state index in [-0.39, 0.29) is 11.9 Å². The van der Waals surface area contributed by atoms with Crippen molar-refractivity contribution in [3.8, 4) is 0 Å². The van der Waals surface area contributed by atoms with Gasteiger partial charge < -0.3 is 10.1 Å². The Morgan fingerprint density at radius 1 is 1.53 bits per heavy atom. The zero-order valence-corrected chi connectivity index (χ0v) is 10.5. The van der Waals surface area contributed by atoms with Crippen molar-refractivity contribution in [3.63, 3.8) is 0 Å². The molecule has 15 heavy (non-hydrogen) atoms. The van der Waals surface area contributed by atoms with Crippen LogP contribution in [0, 0.1) is 5.82 Å². The first-order valence-electron chi connectivity index (χ1n) is 4.86. The van der Waals surface area contributed by atoms with Gasteiger partial charge in [-0.05, 0) is 24.7 Å². The summed E-state index contributed by atoms with van der Waals surface area (Å²) < 4.78 is 19.5. The summed E-state index contributed by atoms with van der Waals surface area (Å²) in [6.07, 6.45) is 0. The summed E-state index contributed by atoms with van der Waals surface area (Å²) in [5.74, 6) is -0.207. The topological polar surface area (TPSA) is 21.3 Å². The van der Waals surface area contributed by atoms with Gasteiger partial charge in [-0.15, -0.1) is 0 Å². The van der Waals surface area contributed by atoms with E-state index in [0.717, 1.165) is 11.0 Å². The lowest BCUT2D eigenvalue weighted by atomic mass is 10.1. The molecule has 0 bridgehead atoms. The van der Waals surface area contributed by atoms with Crippen LogP contribution < -0.4 is 5.32 Å². The van der Waals surface area contributed by atoms with Crippen molar-refractivity contribution < 1.29 is 9.13 Å². The molecule has 1 rings (SSSR count). The zero-order valence-electron chi connectivity index (χ0n) is 8.89. The minimum Gasteiger partial charge on any atom is -0.383 e.